The number of alkyl halides is 1. The smallest absolute Gasteiger partial charge is 0.311 e. The van der Waals surface area contributed by atoms with Crippen LogP contribution in [0.2, 0.25) is 0 Å². The molecule has 0 aliphatic heterocycles. The summed E-state index contributed by atoms with van der Waals surface area (Å²) in [5.74, 6) is 0.339. The summed E-state index contributed by atoms with van der Waals surface area (Å²) in [6.07, 6.45) is 0.831. The van der Waals surface area contributed by atoms with Crippen molar-refractivity contribution in [3.63, 3.8) is 0 Å². The Morgan fingerprint density at radius 1 is 1.53 bits per heavy atom. The molecule has 0 saturated heterocycles. The van der Waals surface area contributed by atoms with Gasteiger partial charge in [0.1, 0.15) is 0 Å². The number of hydrogen-bond acceptors (Lipinski definition) is 3. The molecular weight excluding hydrogens is 262 g/mol. The molecule has 4 nitrogen and oxygen atoms in total. The monoisotopic (exact) mass is 273 g/mol. The Labute approximate surface area is 96.5 Å². The quantitative estimate of drug-likeness (QED) is 0.470. The second-order valence-electron chi connectivity index (χ2n) is 3.04. The van der Waals surface area contributed by atoms with E-state index < -0.39 is 4.92 Å². The molecule has 5 heteroatoms. The van der Waals surface area contributed by atoms with Crippen molar-refractivity contribution in [2.24, 2.45) is 0 Å². The van der Waals surface area contributed by atoms with E-state index in [9.17, 15) is 10.1 Å². The number of ether oxygens (including phenoxy) is 1. The highest BCUT2D eigenvalue weighted by atomic mass is 79.9. The summed E-state index contributed by atoms with van der Waals surface area (Å²) in [5, 5.41) is 11.4. The van der Waals surface area contributed by atoms with Gasteiger partial charge in [-0.25, -0.2) is 0 Å². The highest BCUT2D eigenvalue weighted by Crippen LogP contribution is 2.28. The van der Waals surface area contributed by atoms with Gasteiger partial charge >= 0.3 is 5.69 Å². The van der Waals surface area contributed by atoms with Crippen molar-refractivity contribution in [3.05, 3.63) is 33.9 Å². The molecule has 0 N–H and O–H groups in total. The summed E-state index contributed by atoms with van der Waals surface area (Å²) in [5.41, 5.74) is 0.894. The van der Waals surface area contributed by atoms with Crippen LogP contribution in [0.3, 0.4) is 0 Å². The number of hydrogen-bond donors (Lipinski definition) is 0. The van der Waals surface area contributed by atoms with Gasteiger partial charge in [0.25, 0.3) is 0 Å². The lowest BCUT2D eigenvalue weighted by molar-refractivity contribution is -0.385. The normalized spacial score (nSPS) is 10.0. The van der Waals surface area contributed by atoms with Crippen molar-refractivity contribution in [1.29, 1.82) is 0 Å². The van der Waals surface area contributed by atoms with Gasteiger partial charge < -0.3 is 4.74 Å². The minimum absolute atomic E-state index is 0.0281. The molecule has 1 rings (SSSR count). The summed E-state index contributed by atoms with van der Waals surface area (Å²) in [7, 11) is 0. The van der Waals surface area contributed by atoms with Crippen LogP contribution in [-0.2, 0) is 5.33 Å². The highest BCUT2D eigenvalue weighted by molar-refractivity contribution is 9.08. The molecule has 0 radical (unpaired) electrons. The fourth-order valence-electron chi connectivity index (χ4n) is 1.12. The molecule has 0 aromatic heterocycles. The van der Waals surface area contributed by atoms with Crippen LogP contribution in [-0.4, -0.2) is 11.5 Å². The first-order chi connectivity index (χ1) is 7.19. The van der Waals surface area contributed by atoms with Gasteiger partial charge in [0, 0.05) is 11.4 Å². The van der Waals surface area contributed by atoms with E-state index in [1.54, 1.807) is 6.07 Å². The van der Waals surface area contributed by atoms with E-state index in [4.69, 9.17) is 4.74 Å². The number of halogens is 1. The first kappa shape index (κ1) is 12.0. The molecule has 82 valence electrons. The van der Waals surface area contributed by atoms with E-state index in [-0.39, 0.29) is 5.69 Å². The van der Waals surface area contributed by atoms with Crippen molar-refractivity contribution in [1.82, 2.24) is 0 Å². The van der Waals surface area contributed by atoms with Crippen molar-refractivity contribution in [2.45, 2.75) is 18.7 Å². The van der Waals surface area contributed by atoms with Crippen LogP contribution in [0.25, 0.3) is 0 Å². The number of rotatable bonds is 5. The van der Waals surface area contributed by atoms with Gasteiger partial charge in [0.15, 0.2) is 5.75 Å². The molecule has 0 unspecified atom stereocenters. The molecule has 1 aromatic carbocycles. The van der Waals surface area contributed by atoms with E-state index in [0.29, 0.717) is 17.7 Å². The van der Waals surface area contributed by atoms with E-state index in [1.165, 1.54) is 6.07 Å². The van der Waals surface area contributed by atoms with Gasteiger partial charge in [-0.05, 0) is 18.1 Å². The molecule has 0 bridgehead atoms. The lowest BCUT2D eigenvalue weighted by Crippen LogP contribution is -1.99. The summed E-state index contributed by atoms with van der Waals surface area (Å²) in [6.45, 7) is 2.45. The first-order valence-corrected chi connectivity index (χ1v) is 5.77. The van der Waals surface area contributed by atoms with Crippen LogP contribution < -0.4 is 4.74 Å². The summed E-state index contributed by atoms with van der Waals surface area (Å²) in [6, 6.07) is 4.98. The molecule has 0 spiro atoms. The number of nitrogens with zero attached hydrogens (tertiary/aromatic N) is 1. The zero-order valence-electron chi connectivity index (χ0n) is 8.40. The van der Waals surface area contributed by atoms with Crippen molar-refractivity contribution in [3.8, 4) is 5.75 Å². The van der Waals surface area contributed by atoms with Gasteiger partial charge in [-0.3, -0.25) is 10.1 Å². The molecule has 0 aliphatic rings. The fourth-order valence-corrected chi connectivity index (χ4v) is 1.47. The van der Waals surface area contributed by atoms with Crippen LogP contribution in [0.1, 0.15) is 18.9 Å². The number of benzene rings is 1. The second-order valence-corrected chi connectivity index (χ2v) is 3.60. The maximum absolute atomic E-state index is 10.8. The average molecular weight is 274 g/mol. The van der Waals surface area contributed by atoms with Gasteiger partial charge in [-0.2, -0.15) is 0 Å². The summed E-state index contributed by atoms with van der Waals surface area (Å²) >= 11 is 3.25. The lowest BCUT2D eigenvalue weighted by Gasteiger charge is -2.05. The lowest BCUT2D eigenvalue weighted by atomic mass is 10.2. The SMILES string of the molecule is CCCOc1ccc(CBr)cc1[N+](=O)[O-]. The predicted molar refractivity (Wildman–Crippen MR) is 61.5 cm³/mol. The predicted octanol–water partition coefficient (Wildman–Crippen LogP) is 3.28. The Kier molecular flexibility index (Phi) is 4.55. The van der Waals surface area contributed by atoms with Crippen LogP contribution in [0.5, 0.6) is 5.75 Å². The van der Waals surface area contributed by atoms with Gasteiger partial charge in [0.2, 0.25) is 0 Å². The van der Waals surface area contributed by atoms with Crippen LogP contribution in [0.4, 0.5) is 5.69 Å². The van der Waals surface area contributed by atoms with E-state index in [1.807, 2.05) is 13.0 Å². The summed E-state index contributed by atoms with van der Waals surface area (Å²) < 4.78 is 5.29. The van der Waals surface area contributed by atoms with E-state index in [0.717, 1.165) is 12.0 Å². The van der Waals surface area contributed by atoms with Gasteiger partial charge in [-0.15, -0.1) is 0 Å². The van der Waals surface area contributed by atoms with Crippen LogP contribution in [0, 0.1) is 10.1 Å². The maximum atomic E-state index is 10.8. The fraction of sp³-hybridized carbons (Fsp3) is 0.400. The Balaban J connectivity index is 2.98. The maximum Gasteiger partial charge on any atom is 0.311 e. The molecule has 15 heavy (non-hydrogen) atoms. The molecule has 0 amide bonds. The van der Waals surface area contributed by atoms with Crippen molar-refractivity contribution >= 4 is 21.6 Å². The molecular formula is C10H12BrNO3. The number of nitro benzene ring substituents is 1. The van der Waals surface area contributed by atoms with Crippen LogP contribution >= 0.6 is 15.9 Å². The van der Waals surface area contributed by atoms with E-state index in [2.05, 4.69) is 15.9 Å². The minimum atomic E-state index is -0.419. The van der Waals surface area contributed by atoms with E-state index >= 15 is 0 Å². The van der Waals surface area contributed by atoms with Crippen LogP contribution in [0.15, 0.2) is 18.2 Å². The third-order valence-electron chi connectivity index (χ3n) is 1.84. The van der Waals surface area contributed by atoms with Crippen molar-refractivity contribution in [2.75, 3.05) is 6.61 Å². The molecule has 0 atom stereocenters. The topological polar surface area (TPSA) is 52.4 Å². The highest BCUT2D eigenvalue weighted by Gasteiger charge is 2.15. The summed E-state index contributed by atoms with van der Waals surface area (Å²) in [4.78, 5) is 10.3. The van der Waals surface area contributed by atoms with Gasteiger partial charge in [0.05, 0.1) is 11.5 Å². The first-order valence-electron chi connectivity index (χ1n) is 4.65. The standard InChI is InChI=1S/C10H12BrNO3/c1-2-5-15-10-4-3-8(7-11)6-9(10)12(13)14/h3-4,6H,2,5,7H2,1H3. The third kappa shape index (κ3) is 3.20. The molecule has 0 heterocycles. The third-order valence-corrected chi connectivity index (χ3v) is 2.48. The average Bonchev–Trinajstić information content (AvgIpc) is 2.26. The minimum Gasteiger partial charge on any atom is -0.487 e. The Morgan fingerprint density at radius 2 is 2.27 bits per heavy atom. The molecule has 0 fully saturated rings. The zero-order chi connectivity index (χ0) is 11.3. The van der Waals surface area contributed by atoms with Gasteiger partial charge in [-0.1, -0.05) is 28.9 Å². The largest absolute Gasteiger partial charge is 0.487 e. The Bertz CT molecular complexity index is 355. The Hall–Kier alpha value is -1.10. The Morgan fingerprint density at radius 3 is 2.80 bits per heavy atom. The number of nitro groups is 1. The molecule has 0 aliphatic carbocycles. The molecule has 0 saturated carbocycles. The van der Waals surface area contributed by atoms with Crippen molar-refractivity contribution < 1.29 is 9.66 Å². The second kappa shape index (κ2) is 5.70. The molecule has 1 aromatic rings. The zero-order valence-corrected chi connectivity index (χ0v) is 9.99.